The van der Waals surface area contributed by atoms with E-state index in [0.717, 1.165) is 5.75 Å². The Morgan fingerprint density at radius 2 is 1.94 bits per heavy atom. The highest BCUT2D eigenvalue weighted by molar-refractivity contribution is 7.99. The van der Waals surface area contributed by atoms with Gasteiger partial charge in [-0.2, -0.15) is 0 Å². The molecule has 8 nitrogen and oxygen atoms in total. The molecule has 0 atom stereocenters. The number of amides is 2. The molecule has 0 aliphatic carbocycles. The number of nitrogens with zero attached hydrogens (tertiary/aromatic N) is 3. The maximum atomic E-state index is 12.5. The van der Waals surface area contributed by atoms with Gasteiger partial charge in [-0.25, -0.2) is 0 Å². The average Bonchev–Trinajstić information content (AvgIpc) is 3.19. The van der Waals surface area contributed by atoms with Crippen LogP contribution in [-0.4, -0.2) is 38.9 Å². The predicted octanol–water partition coefficient (Wildman–Crippen LogP) is 4.83. The lowest BCUT2D eigenvalue weighted by Crippen LogP contribution is -2.25. The van der Waals surface area contributed by atoms with Gasteiger partial charge in [-0.1, -0.05) is 41.0 Å². The highest BCUT2D eigenvalue weighted by Crippen LogP contribution is 2.22. The van der Waals surface area contributed by atoms with E-state index in [1.165, 1.54) is 17.8 Å². The number of aromatic nitrogens is 3. The maximum Gasteiger partial charge on any atom is 0.253 e. The first kappa shape index (κ1) is 25.6. The quantitative estimate of drug-likeness (QED) is 0.278. The summed E-state index contributed by atoms with van der Waals surface area (Å²) in [6, 6.07) is 11.8. The molecule has 1 aromatic heterocycles. The van der Waals surface area contributed by atoms with Gasteiger partial charge < -0.3 is 19.9 Å². The Morgan fingerprint density at radius 1 is 1.18 bits per heavy atom. The monoisotopic (exact) mass is 519 g/mol. The lowest BCUT2D eigenvalue weighted by molar-refractivity contribution is -0.113. The van der Waals surface area contributed by atoms with Crippen LogP contribution in [0.15, 0.2) is 60.3 Å². The molecule has 11 heteroatoms. The van der Waals surface area contributed by atoms with Crippen LogP contribution in [0, 0.1) is 0 Å². The van der Waals surface area contributed by atoms with Gasteiger partial charge in [0.2, 0.25) is 5.91 Å². The molecule has 0 radical (unpaired) electrons. The highest BCUT2D eigenvalue weighted by Gasteiger charge is 2.16. The molecule has 0 saturated heterocycles. The Morgan fingerprint density at radius 3 is 2.62 bits per heavy atom. The number of carbonyl (C=O) groups excluding carboxylic acids is 2. The van der Waals surface area contributed by atoms with Gasteiger partial charge in [-0.3, -0.25) is 9.59 Å². The number of nitrogens with one attached hydrogen (secondary N) is 2. The molecule has 0 aliphatic rings. The van der Waals surface area contributed by atoms with Crippen molar-refractivity contribution < 1.29 is 14.3 Å². The molecule has 2 aromatic carbocycles. The second kappa shape index (κ2) is 12.5. The van der Waals surface area contributed by atoms with Crippen LogP contribution in [0.2, 0.25) is 10.0 Å². The molecule has 0 fully saturated rings. The number of anilines is 1. The maximum absolute atomic E-state index is 12.5. The van der Waals surface area contributed by atoms with Crippen molar-refractivity contribution in [3.8, 4) is 5.75 Å². The van der Waals surface area contributed by atoms with Crippen molar-refractivity contribution in [1.29, 1.82) is 0 Å². The van der Waals surface area contributed by atoms with Crippen molar-refractivity contribution in [2.75, 3.05) is 17.7 Å². The van der Waals surface area contributed by atoms with E-state index in [0.29, 0.717) is 40.4 Å². The van der Waals surface area contributed by atoms with Gasteiger partial charge in [0, 0.05) is 17.3 Å². The number of hydrogen-bond donors (Lipinski definition) is 2. The molecular weight excluding hydrogens is 497 g/mol. The Hall–Kier alpha value is -3.01. The van der Waals surface area contributed by atoms with E-state index in [2.05, 4.69) is 27.4 Å². The van der Waals surface area contributed by atoms with Crippen LogP contribution < -0.4 is 15.4 Å². The predicted molar refractivity (Wildman–Crippen MR) is 135 cm³/mol. The van der Waals surface area contributed by atoms with Crippen molar-refractivity contribution >= 4 is 52.5 Å². The number of ether oxygens (including phenoxy) is 1. The van der Waals surface area contributed by atoms with Crippen molar-refractivity contribution in [2.24, 2.45) is 0 Å². The van der Waals surface area contributed by atoms with Gasteiger partial charge in [0.1, 0.15) is 5.75 Å². The SMILES string of the molecule is C=CCn1c(CNC(=O)c2ccc(Cl)cc2Cl)nnc1SCC(=O)Nc1ccc(OCC)cc1. The van der Waals surface area contributed by atoms with Crippen LogP contribution in [0.3, 0.4) is 0 Å². The topological polar surface area (TPSA) is 98.1 Å². The van der Waals surface area contributed by atoms with E-state index in [4.69, 9.17) is 27.9 Å². The normalized spacial score (nSPS) is 10.6. The van der Waals surface area contributed by atoms with Gasteiger partial charge in [0.15, 0.2) is 11.0 Å². The number of hydrogen-bond acceptors (Lipinski definition) is 6. The van der Waals surface area contributed by atoms with Crippen LogP contribution in [0.4, 0.5) is 5.69 Å². The summed E-state index contributed by atoms with van der Waals surface area (Å²) in [6.45, 7) is 6.79. The minimum absolute atomic E-state index is 0.123. The number of halogens is 2. The summed E-state index contributed by atoms with van der Waals surface area (Å²) >= 11 is 13.2. The summed E-state index contributed by atoms with van der Waals surface area (Å²) in [5.74, 6) is 0.848. The first-order valence-corrected chi connectivity index (χ1v) is 12.1. The standard InChI is InChI=1S/C23H23Cl2N5O3S/c1-3-11-30-20(13-26-22(32)18-10-5-15(24)12-19(18)25)28-29-23(30)34-14-21(31)27-16-6-8-17(9-7-16)33-4-2/h3,5-10,12H,1,4,11,13-14H2,2H3,(H,26,32)(H,27,31). The minimum atomic E-state index is -0.362. The Balaban J connectivity index is 1.59. The largest absolute Gasteiger partial charge is 0.494 e. The van der Waals surface area contributed by atoms with Crippen LogP contribution in [0.1, 0.15) is 23.1 Å². The fourth-order valence-electron chi connectivity index (χ4n) is 2.93. The van der Waals surface area contributed by atoms with E-state index < -0.39 is 0 Å². The van der Waals surface area contributed by atoms with Gasteiger partial charge in [0.25, 0.3) is 5.91 Å². The van der Waals surface area contributed by atoms with Crippen molar-refractivity contribution in [3.63, 3.8) is 0 Å². The third-order valence-corrected chi connectivity index (χ3v) is 5.98. The summed E-state index contributed by atoms with van der Waals surface area (Å²) in [6.07, 6.45) is 1.69. The van der Waals surface area contributed by atoms with E-state index in [-0.39, 0.29) is 29.1 Å². The molecule has 0 saturated carbocycles. The number of carbonyl (C=O) groups is 2. The van der Waals surface area contributed by atoms with Crippen LogP contribution in [-0.2, 0) is 17.9 Å². The molecule has 1 heterocycles. The summed E-state index contributed by atoms with van der Waals surface area (Å²) in [5.41, 5.74) is 0.979. The summed E-state index contributed by atoms with van der Waals surface area (Å²) in [7, 11) is 0. The second-order valence-electron chi connectivity index (χ2n) is 6.90. The Labute approximate surface area is 211 Å². The van der Waals surface area contributed by atoms with Gasteiger partial charge in [-0.15, -0.1) is 16.8 Å². The highest BCUT2D eigenvalue weighted by atomic mass is 35.5. The zero-order valence-electron chi connectivity index (χ0n) is 18.4. The number of benzene rings is 2. The molecule has 178 valence electrons. The molecule has 0 aliphatic heterocycles. The lowest BCUT2D eigenvalue weighted by Gasteiger charge is -2.10. The number of allylic oxidation sites excluding steroid dienone is 1. The van der Waals surface area contributed by atoms with Crippen LogP contribution in [0.5, 0.6) is 5.75 Å². The Kier molecular flexibility index (Phi) is 9.38. The van der Waals surface area contributed by atoms with E-state index in [1.54, 1.807) is 47.0 Å². The van der Waals surface area contributed by atoms with Crippen molar-refractivity contribution in [2.45, 2.75) is 25.2 Å². The van der Waals surface area contributed by atoms with Gasteiger partial charge >= 0.3 is 0 Å². The molecule has 0 spiro atoms. The van der Waals surface area contributed by atoms with Gasteiger partial charge in [-0.05, 0) is 49.4 Å². The number of thioether (sulfide) groups is 1. The second-order valence-corrected chi connectivity index (χ2v) is 8.69. The summed E-state index contributed by atoms with van der Waals surface area (Å²) in [5, 5.41) is 15.2. The first-order chi connectivity index (χ1) is 16.4. The first-order valence-electron chi connectivity index (χ1n) is 10.3. The minimum Gasteiger partial charge on any atom is -0.494 e. The van der Waals surface area contributed by atoms with Crippen LogP contribution in [0.25, 0.3) is 0 Å². The smallest absolute Gasteiger partial charge is 0.253 e. The van der Waals surface area contributed by atoms with Crippen molar-refractivity contribution in [1.82, 2.24) is 20.1 Å². The molecule has 3 rings (SSSR count). The number of rotatable bonds is 11. The summed E-state index contributed by atoms with van der Waals surface area (Å²) < 4.78 is 7.18. The molecule has 0 unspecified atom stereocenters. The molecule has 3 aromatic rings. The molecule has 0 bridgehead atoms. The Bertz CT molecular complexity index is 1170. The van der Waals surface area contributed by atoms with Crippen LogP contribution >= 0.6 is 35.0 Å². The third-order valence-electron chi connectivity index (χ3n) is 4.47. The zero-order chi connectivity index (χ0) is 24.5. The molecule has 2 amide bonds. The molecule has 34 heavy (non-hydrogen) atoms. The molecule has 2 N–H and O–H groups in total. The fraction of sp³-hybridized carbons (Fsp3) is 0.217. The molecular formula is C23H23Cl2N5O3S. The third kappa shape index (κ3) is 6.99. The zero-order valence-corrected chi connectivity index (χ0v) is 20.7. The van der Waals surface area contributed by atoms with E-state index in [9.17, 15) is 9.59 Å². The average molecular weight is 520 g/mol. The van der Waals surface area contributed by atoms with E-state index >= 15 is 0 Å². The van der Waals surface area contributed by atoms with Crippen molar-refractivity contribution in [3.05, 3.63) is 76.6 Å². The van der Waals surface area contributed by atoms with E-state index in [1.807, 2.05) is 6.92 Å². The summed E-state index contributed by atoms with van der Waals surface area (Å²) in [4.78, 5) is 24.9. The lowest BCUT2D eigenvalue weighted by atomic mass is 10.2. The fourth-order valence-corrected chi connectivity index (χ4v) is 4.19. The van der Waals surface area contributed by atoms with Gasteiger partial charge in [0.05, 0.1) is 29.5 Å².